The normalized spacial score (nSPS) is 16.5. The molecule has 4 heterocycles. The van der Waals surface area contributed by atoms with Crippen LogP contribution in [0.1, 0.15) is 41.1 Å². The number of ether oxygens (including phenoxy) is 2. The molecule has 1 saturated heterocycles. The third-order valence-electron chi connectivity index (χ3n) is 6.87. The molecule has 1 aliphatic carbocycles. The Morgan fingerprint density at radius 2 is 2.00 bits per heavy atom. The molecule has 168 valence electrons. The molecule has 4 aromatic rings. The number of aromatic nitrogens is 4. The summed E-state index contributed by atoms with van der Waals surface area (Å²) >= 11 is 0. The van der Waals surface area contributed by atoms with Crippen LogP contribution in [0, 0.1) is 25.2 Å². The predicted molar refractivity (Wildman–Crippen MR) is 127 cm³/mol. The van der Waals surface area contributed by atoms with Crippen LogP contribution in [0.3, 0.4) is 0 Å². The summed E-state index contributed by atoms with van der Waals surface area (Å²) in [5.41, 5.74) is 8.80. The fraction of sp³-hybridized carbons (Fsp3) is 0.400. The van der Waals surface area contributed by atoms with Crippen molar-refractivity contribution in [2.75, 3.05) is 38.3 Å². The summed E-state index contributed by atoms with van der Waals surface area (Å²) < 4.78 is 11.2. The van der Waals surface area contributed by atoms with E-state index in [1.54, 1.807) is 13.3 Å². The molecule has 0 bridgehead atoms. The Bertz CT molecular complexity index is 1430. The van der Waals surface area contributed by atoms with Crippen molar-refractivity contribution in [3.8, 4) is 23.3 Å². The van der Waals surface area contributed by atoms with Crippen molar-refractivity contribution in [1.29, 1.82) is 5.26 Å². The number of anilines is 1. The number of aryl methyl sites for hydroxylation is 2. The second-order valence-electron chi connectivity index (χ2n) is 8.98. The number of morpholine rings is 1. The van der Waals surface area contributed by atoms with E-state index >= 15 is 0 Å². The molecule has 1 aromatic carbocycles. The lowest BCUT2D eigenvalue weighted by atomic mass is 10.1. The molecule has 2 fully saturated rings. The minimum atomic E-state index is 0.419. The van der Waals surface area contributed by atoms with Crippen LogP contribution >= 0.6 is 0 Å². The lowest BCUT2D eigenvalue weighted by molar-refractivity contribution is 0.122. The van der Waals surface area contributed by atoms with Crippen LogP contribution in [0.4, 0.5) is 5.69 Å². The zero-order chi connectivity index (χ0) is 22.7. The smallest absolute Gasteiger partial charge is 0.226 e. The van der Waals surface area contributed by atoms with E-state index < -0.39 is 0 Å². The molecule has 3 aromatic heterocycles. The first kappa shape index (κ1) is 20.1. The maximum absolute atomic E-state index is 9.84. The van der Waals surface area contributed by atoms with Gasteiger partial charge in [-0.1, -0.05) is 0 Å². The molecule has 6 rings (SSSR count). The summed E-state index contributed by atoms with van der Waals surface area (Å²) in [5, 5.41) is 10.7. The highest BCUT2D eigenvalue weighted by Gasteiger charge is 2.31. The van der Waals surface area contributed by atoms with E-state index in [-0.39, 0.29) is 0 Å². The number of nitrogens with zero attached hydrogens (tertiary/aromatic N) is 4. The summed E-state index contributed by atoms with van der Waals surface area (Å²) in [6.45, 7) is 7.52. The number of hydrogen-bond acceptors (Lipinski definition) is 6. The molecule has 0 radical (unpaired) electrons. The van der Waals surface area contributed by atoms with Gasteiger partial charge in [-0.05, 0) is 38.3 Å². The van der Waals surface area contributed by atoms with Gasteiger partial charge in [-0.2, -0.15) is 5.26 Å². The number of hydrogen-bond donors (Lipinski definition) is 2. The number of pyridine rings is 1. The van der Waals surface area contributed by atoms with Crippen molar-refractivity contribution in [3.05, 3.63) is 34.6 Å². The molecule has 8 nitrogen and oxygen atoms in total. The van der Waals surface area contributed by atoms with Crippen LogP contribution in [0.5, 0.6) is 5.88 Å². The van der Waals surface area contributed by atoms with Gasteiger partial charge in [0, 0.05) is 47.5 Å². The standard InChI is InChI=1S/C25H26N6O2/c1-13-10-18-20(14(2)23(13)31-6-8-33-9-7-31)30-24(28-18)19-22-17(12-27-25(19)32-3)16(11-26)21(29-22)15-4-5-15/h10,12,15,29H,4-9H2,1-3H3,(H,28,30). The summed E-state index contributed by atoms with van der Waals surface area (Å²) in [6.07, 6.45) is 3.94. The largest absolute Gasteiger partial charge is 0.480 e. The number of imidazole rings is 1. The van der Waals surface area contributed by atoms with Gasteiger partial charge < -0.3 is 24.3 Å². The molecule has 0 amide bonds. The van der Waals surface area contributed by atoms with E-state index in [1.807, 2.05) is 0 Å². The molecule has 33 heavy (non-hydrogen) atoms. The Morgan fingerprint density at radius 1 is 1.21 bits per heavy atom. The number of aromatic amines is 2. The van der Waals surface area contributed by atoms with Crippen molar-refractivity contribution < 1.29 is 9.47 Å². The highest BCUT2D eigenvalue weighted by atomic mass is 16.5. The van der Waals surface area contributed by atoms with Crippen molar-refractivity contribution in [2.24, 2.45) is 0 Å². The van der Waals surface area contributed by atoms with Gasteiger partial charge in [0.1, 0.15) is 17.5 Å². The Labute approximate surface area is 191 Å². The van der Waals surface area contributed by atoms with Crippen LogP contribution in [0.2, 0.25) is 0 Å². The zero-order valence-electron chi connectivity index (χ0n) is 19.1. The van der Waals surface area contributed by atoms with Crippen LogP contribution in [0.15, 0.2) is 12.3 Å². The van der Waals surface area contributed by atoms with E-state index in [1.165, 1.54) is 11.3 Å². The Kier molecular flexibility index (Phi) is 4.56. The monoisotopic (exact) mass is 442 g/mol. The molecule has 0 unspecified atom stereocenters. The number of nitriles is 1. The van der Waals surface area contributed by atoms with Gasteiger partial charge in [-0.3, -0.25) is 0 Å². The average molecular weight is 443 g/mol. The SMILES string of the molecule is COc1ncc2c(C#N)c(C3CC3)[nH]c2c1-c1nc2c(C)c(N3CCOCC3)c(C)cc2[nH]1. The van der Waals surface area contributed by atoms with Crippen LogP contribution < -0.4 is 9.64 Å². The van der Waals surface area contributed by atoms with E-state index in [0.29, 0.717) is 23.2 Å². The maximum Gasteiger partial charge on any atom is 0.226 e. The van der Waals surface area contributed by atoms with Crippen molar-refractivity contribution in [1.82, 2.24) is 19.9 Å². The van der Waals surface area contributed by atoms with E-state index in [2.05, 4.69) is 45.8 Å². The van der Waals surface area contributed by atoms with Gasteiger partial charge in [0.05, 0.1) is 42.4 Å². The third kappa shape index (κ3) is 3.07. The minimum Gasteiger partial charge on any atom is -0.480 e. The number of methoxy groups -OCH3 is 1. The van der Waals surface area contributed by atoms with E-state index in [9.17, 15) is 5.26 Å². The molecule has 0 atom stereocenters. The minimum absolute atomic E-state index is 0.419. The third-order valence-corrected chi connectivity index (χ3v) is 6.87. The lowest BCUT2D eigenvalue weighted by Gasteiger charge is -2.31. The lowest BCUT2D eigenvalue weighted by Crippen LogP contribution is -2.37. The topological polar surface area (TPSA) is 103 Å². The maximum atomic E-state index is 9.84. The van der Waals surface area contributed by atoms with Crippen molar-refractivity contribution in [3.63, 3.8) is 0 Å². The first-order chi connectivity index (χ1) is 16.1. The predicted octanol–water partition coefficient (Wildman–Crippen LogP) is 4.32. The number of nitrogens with one attached hydrogen (secondary N) is 2. The fourth-order valence-corrected chi connectivity index (χ4v) is 5.19. The summed E-state index contributed by atoms with van der Waals surface area (Å²) in [5.74, 6) is 1.59. The first-order valence-corrected chi connectivity index (χ1v) is 11.4. The molecule has 1 saturated carbocycles. The van der Waals surface area contributed by atoms with Gasteiger partial charge in [0.15, 0.2) is 0 Å². The number of fused-ring (bicyclic) bond motifs is 2. The molecule has 0 spiro atoms. The molecule has 2 aliphatic rings. The fourth-order valence-electron chi connectivity index (χ4n) is 5.19. The second-order valence-corrected chi connectivity index (χ2v) is 8.98. The molecule has 1 aliphatic heterocycles. The van der Waals surface area contributed by atoms with Gasteiger partial charge in [0.2, 0.25) is 5.88 Å². The number of benzene rings is 1. The average Bonchev–Trinajstić information content (AvgIpc) is 3.48. The number of rotatable bonds is 4. The van der Waals surface area contributed by atoms with Crippen molar-refractivity contribution >= 4 is 27.6 Å². The van der Waals surface area contributed by atoms with Gasteiger partial charge in [-0.25, -0.2) is 9.97 Å². The van der Waals surface area contributed by atoms with E-state index in [0.717, 1.165) is 77.9 Å². The summed E-state index contributed by atoms with van der Waals surface area (Å²) in [4.78, 5) is 19.0. The Morgan fingerprint density at radius 3 is 2.70 bits per heavy atom. The van der Waals surface area contributed by atoms with Crippen LogP contribution in [-0.2, 0) is 4.74 Å². The zero-order valence-corrected chi connectivity index (χ0v) is 19.1. The van der Waals surface area contributed by atoms with Gasteiger partial charge >= 0.3 is 0 Å². The summed E-state index contributed by atoms with van der Waals surface area (Å²) in [7, 11) is 1.61. The molecule has 8 heteroatoms. The van der Waals surface area contributed by atoms with Crippen LogP contribution in [-0.4, -0.2) is 53.3 Å². The number of H-pyrrole nitrogens is 2. The van der Waals surface area contributed by atoms with Gasteiger partial charge in [0.25, 0.3) is 0 Å². The Balaban J connectivity index is 1.57. The molecule has 2 N–H and O–H groups in total. The van der Waals surface area contributed by atoms with Crippen molar-refractivity contribution in [2.45, 2.75) is 32.6 Å². The van der Waals surface area contributed by atoms with Gasteiger partial charge in [-0.15, -0.1) is 0 Å². The first-order valence-electron chi connectivity index (χ1n) is 11.4. The van der Waals surface area contributed by atoms with E-state index in [4.69, 9.17) is 14.5 Å². The molecular formula is C25H26N6O2. The highest BCUT2D eigenvalue weighted by Crippen LogP contribution is 2.45. The molecular weight excluding hydrogens is 416 g/mol. The Hall–Kier alpha value is -3.57. The second kappa shape index (κ2) is 7.49. The summed E-state index contributed by atoms with van der Waals surface area (Å²) in [6, 6.07) is 4.55. The highest BCUT2D eigenvalue weighted by molar-refractivity contribution is 6.00. The quantitative estimate of drug-likeness (QED) is 0.488. The van der Waals surface area contributed by atoms with Crippen LogP contribution in [0.25, 0.3) is 33.3 Å².